The van der Waals surface area contributed by atoms with E-state index in [0.717, 1.165) is 0 Å². The number of quaternary nitrogens is 1. The monoisotopic (exact) mass is 1650 g/mol. The molecule has 0 unspecified atom stereocenters. The van der Waals surface area contributed by atoms with Gasteiger partial charge >= 0.3 is 248 Å². The van der Waals surface area contributed by atoms with Gasteiger partial charge in [-0.05, 0) is 38.5 Å². The zero-order valence-corrected chi connectivity index (χ0v) is 50.7. The van der Waals surface area contributed by atoms with Crippen molar-refractivity contribution in [1.29, 1.82) is 0 Å². The Morgan fingerprint density at radius 3 is 0.415 bits per heavy atom. The Labute approximate surface area is 404 Å². The fraction of sp³-hybridized carbons (Fsp3) is 1.00. The van der Waals surface area contributed by atoms with Crippen molar-refractivity contribution in [2.24, 2.45) is 0 Å². The first-order valence-corrected chi connectivity index (χ1v) is 43.7. The number of rotatable bonds is 21. The fourth-order valence-corrected chi connectivity index (χ4v) is 3.84. The van der Waals surface area contributed by atoms with Gasteiger partial charge in [-0.2, -0.15) is 0 Å². The van der Waals surface area contributed by atoms with Gasteiger partial charge in [0.25, 0.3) is 0 Å². The van der Waals surface area contributed by atoms with Crippen molar-refractivity contribution in [3.05, 3.63) is 0 Å². The van der Waals surface area contributed by atoms with Gasteiger partial charge in [0.05, 0.1) is 19.6 Å². The van der Waals surface area contributed by atoms with Crippen LogP contribution in [0.15, 0.2) is 0 Å². The minimum absolute atomic E-state index is 1.37. The molecule has 0 aromatic carbocycles. The molecule has 0 aromatic heterocycles. The maximum absolute atomic E-state index is 8.63. The summed E-state index contributed by atoms with van der Waals surface area (Å²) in [7, 11) is 0. The summed E-state index contributed by atoms with van der Waals surface area (Å²) >= 11 is -48.2. The van der Waals surface area contributed by atoms with Crippen LogP contribution in [0, 0.1) is 0 Å². The number of hydrogen-bond acceptors (Lipinski definition) is 32. The minimum atomic E-state index is -6.02. The second-order valence-electron chi connectivity index (χ2n) is 11.6. The molecule has 0 spiro atoms. The predicted octanol–water partition coefficient (Wildman–Crippen LogP) is -14.0. The van der Waals surface area contributed by atoms with Gasteiger partial charge < -0.3 is 4.90 Å². The van der Waals surface area contributed by atoms with E-state index in [0.29, 0.717) is 0 Å². The molecule has 0 aliphatic heterocycles. The third-order valence-corrected chi connectivity index (χ3v) is 5.65. The predicted molar refractivity (Wildman–Crippen MR) is 127 cm³/mol. The Morgan fingerprint density at radius 2 is 0.308 bits per heavy atom. The Bertz CT molecular complexity index is 1490. The van der Waals surface area contributed by atoms with Crippen LogP contribution < -0.4 is 65.1 Å². The van der Waals surface area contributed by atoms with E-state index < -0.39 is 134 Å². The van der Waals surface area contributed by atoms with Gasteiger partial charge in [0, 0.05) is 0 Å². The molecule has 0 saturated heterocycles. The van der Waals surface area contributed by atoms with Gasteiger partial charge in [-0.1, -0.05) is 97.8 Å². The first kappa shape index (κ1) is 86.4. The molecule has 0 bridgehead atoms. The molecule has 1 N–H and O–H groups in total. The van der Waals surface area contributed by atoms with Gasteiger partial charge in [-0.15, -0.1) is 0 Å². The fourth-order valence-electron chi connectivity index (χ4n) is 3.84. The molecule has 0 fully saturated rings. The summed E-state index contributed by atoms with van der Waals surface area (Å²) in [4.78, 5) is 1.92. The van der Waals surface area contributed by atoms with Crippen LogP contribution in [0.4, 0.5) is 0 Å². The third kappa shape index (κ3) is 405. The zero-order chi connectivity index (χ0) is 54.4. The molecule has 0 aliphatic carbocycles. The summed E-state index contributed by atoms with van der Waals surface area (Å²) in [5.41, 5.74) is 0. The van der Waals surface area contributed by atoms with Crippen LogP contribution in [-0.2, 0) is 188 Å². The Kier molecular flexibility index (Phi) is 67.2. The SMILES string of the molecule is CCCCCCCC[NH+](CCCCCCCC)CCCCCCCC.[O]=[Mo](=[O])([O-])[O-].[O]=[Mo](=[O])([O-])[O-].[O]=[Mo](=[O])([O-])[O-].[O]=[Mo](=[O])([O-])[O-].[O]=[Mo](=[O])([O-])[O-].[O]=[Mo](=[O])([O-])[O-].[O]=[Mo](=[O])([O-])[O-].[O]=[Mo](=[O])([O-])[O-]. The Hall–Kier alpha value is 1.63. The van der Waals surface area contributed by atoms with Gasteiger partial charge in [-0.25, -0.2) is 0 Å². The summed E-state index contributed by atoms with van der Waals surface area (Å²) < 4.78 is 276. The van der Waals surface area contributed by atoms with Crippen molar-refractivity contribution in [3.63, 3.8) is 0 Å². The summed E-state index contributed by atoms with van der Waals surface area (Å²) in [5.74, 6) is 0. The van der Waals surface area contributed by atoms with Crippen molar-refractivity contribution in [3.8, 4) is 0 Å². The third-order valence-electron chi connectivity index (χ3n) is 5.65. The van der Waals surface area contributed by atoms with E-state index in [1.54, 1.807) is 0 Å². The molecule has 0 radical (unpaired) electrons. The molecule has 0 heterocycles. The van der Waals surface area contributed by atoms with Gasteiger partial charge in [0.2, 0.25) is 0 Å². The summed E-state index contributed by atoms with van der Waals surface area (Å²) in [6.45, 7) is 11.3. The normalized spacial score (nSPS) is 11.6. The van der Waals surface area contributed by atoms with Crippen molar-refractivity contribution >= 4 is 0 Å². The second-order valence-corrected chi connectivity index (χ2v) is 27.6. The van der Waals surface area contributed by atoms with Crippen LogP contribution in [-0.4, -0.2) is 19.6 Å². The van der Waals surface area contributed by atoms with Gasteiger partial charge in [-0.3, -0.25) is 0 Å². The molecule has 0 rings (SSSR count). The van der Waals surface area contributed by atoms with E-state index in [4.69, 9.17) is 115 Å². The summed E-state index contributed by atoms with van der Waals surface area (Å²) in [6.07, 6.45) is 26.0. The van der Waals surface area contributed by atoms with Crippen LogP contribution in [0.25, 0.3) is 0 Å². The van der Waals surface area contributed by atoms with E-state index in [1.165, 1.54) is 135 Å². The molecule has 408 valence electrons. The Balaban J connectivity index is -0.0000000907. The summed E-state index contributed by atoms with van der Waals surface area (Å²) in [6, 6.07) is 0. The van der Waals surface area contributed by atoms with Crippen LogP contribution >= 0.6 is 0 Å². The van der Waals surface area contributed by atoms with Crippen molar-refractivity contribution in [2.75, 3.05) is 19.6 Å². The molecule has 0 amide bonds. The first-order chi connectivity index (χ1) is 28.3. The van der Waals surface area contributed by atoms with E-state index in [9.17, 15) is 0 Å². The molecule has 0 aliphatic rings. The standard InChI is InChI=1S/C24H51N.8Mo.32O/c1-4-7-10-13-16-19-22-25(23-20-17-14-11-8-5-2)24-21-18-15-12-9-6-3;;;;;;;;;;;;;;;;;;;;;;;;;;;;;;;;;;;;;;;;/h4-24H2,1-3H3;;;;;;;;;;;;;;;;;;;;;;;;;;;;;;;;;;;;;;;;/q;;;;;;;;;;;;;;;;;;;;;;;;;16*-1/p+1. The van der Waals surface area contributed by atoms with Crippen LogP contribution in [0.5, 0.6) is 0 Å². The first-order valence-electron chi connectivity index (χ1n) is 17.5. The van der Waals surface area contributed by atoms with Crippen molar-refractivity contribution < 1.29 is 253 Å². The molecule has 0 saturated carbocycles. The second kappa shape index (κ2) is 50.6. The van der Waals surface area contributed by atoms with Gasteiger partial charge in [0.15, 0.2) is 0 Å². The topological polar surface area (TPSA) is 647 Å². The van der Waals surface area contributed by atoms with E-state index >= 15 is 0 Å². The van der Waals surface area contributed by atoms with Gasteiger partial charge in [0.1, 0.15) is 0 Å². The number of nitrogens with one attached hydrogen (secondary N) is 1. The summed E-state index contributed by atoms with van der Waals surface area (Å²) in [5, 5.41) is 0. The molecular weight excluding hydrogens is 1580 g/mol. The van der Waals surface area contributed by atoms with Crippen molar-refractivity contribution in [2.45, 2.75) is 136 Å². The van der Waals surface area contributed by atoms with E-state index in [1.807, 2.05) is 4.90 Å². The zero-order valence-electron chi connectivity index (χ0n) is 34.7. The van der Waals surface area contributed by atoms with E-state index in [2.05, 4.69) is 20.8 Å². The van der Waals surface area contributed by atoms with Crippen LogP contribution in [0.1, 0.15) is 136 Å². The average molecular weight is 1630 g/mol. The maximum atomic E-state index is 8.63. The van der Waals surface area contributed by atoms with Crippen LogP contribution in [0.3, 0.4) is 0 Å². The number of unbranched alkanes of at least 4 members (excludes halogenated alkanes) is 15. The van der Waals surface area contributed by atoms with Crippen LogP contribution in [0.2, 0.25) is 0 Å². The van der Waals surface area contributed by atoms with Crippen molar-refractivity contribution in [1.82, 2.24) is 0 Å². The number of hydrogen-bond donors (Lipinski definition) is 1. The quantitative estimate of drug-likeness (QED) is 0.0823. The average Bonchev–Trinajstić information content (AvgIpc) is 2.95. The molecule has 65 heavy (non-hydrogen) atoms. The van der Waals surface area contributed by atoms with E-state index in [-0.39, 0.29) is 0 Å². The molecule has 33 nitrogen and oxygen atoms in total. The molecule has 0 aromatic rings. The molecular formula is C24H52Mo8NO32-15. The molecule has 0 atom stereocenters. The molecule has 41 heteroatoms. The Morgan fingerprint density at radius 1 is 0.215 bits per heavy atom.